The fraction of sp³-hybridized carbons (Fsp3) is 0.450. The average Bonchev–Trinajstić information content (AvgIpc) is 2.72. The molecule has 1 aliphatic rings. The molecular weight excluding hydrogens is 366 g/mol. The van der Waals surface area contributed by atoms with Gasteiger partial charge in [0.05, 0.1) is 19.6 Å². The van der Waals surface area contributed by atoms with E-state index in [9.17, 15) is 20.1 Å². The summed E-state index contributed by atoms with van der Waals surface area (Å²) >= 11 is 0. The Kier molecular flexibility index (Phi) is 6.17. The van der Waals surface area contributed by atoms with Gasteiger partial charge in [0.1, 0.15) is 30.1 Å². The molecule has 2 aromatic carbocycles. The molecule has 0 spiro atoms. The molecule has 0 radical (unpaired) electrons. The van der Waals surface area contributed by atoms with E-state index in [-0.39, 0.29) is 0 Å². The Labute approximate surface area is 162 Å². The maximum absolute atomic E-state index is 12.7. The Balaban J connectivity index is 1.74. The topological polar surface area (TPSA) is 128 Å². The molecule has 28 heavy (non-hydrogen) atoms. The molecule has 3 rings (SSSR count). The predicted molar refractivity (Wildman–Crippen MR) is 101 cm³/mol. The number of aliphatic hydroxyl groups excluding tert-OH is 4. The van der Waals surface area contributed by atoms with Crippen LogP contribution in [-0.4, -0.2) is 70.7 Å². The largest absolute Gasteiger partial charge is 0.497 e. The van der Waals surface area contributed by atoms with Gasteiger partial charge < -0.3 is 35.2 Å². The molecule has 152 valence electrons. The Morgan fingerprint density at radius 3 is 2.50 bits per heavy atom. The molecule has 8 heteroatoms. The average molecular weight is 391 g/mol. The van der Waals surface area contributed by atoms with Gasteiger partial charge >= 0.3 is 0 Å². The fourth-order valence-corrected chi connectivity index (χ4v) is 3.33. The monoisotopic (exact) mass is 391 g/mol. The van der Waals surface area contributed by atoms with E-state index in [4.69, 9.17) is 14.6 Å². The van der Waals surface area contributed by atoms with Crippen LogP contribution in [0.2, 0.25) is 0 Å². The number of ether oxygens (including phenoxy) is 2. The summed E-state index contributed by atoms with van der Waals surface area (Å²) in [5, 5.41) is 43.7. The summed E-state index contributed by atoms with van der Waals surface area (Å²) in [6.45, 7) is 1.14. The number of carbonyl (C=O) groups excluding carboxylic acids is 1. The number of benzene rings is 2. The van der Waals surface area contributed by atoms with Gasteiger partial charge in [-0.15, -0.1) is 0 Å². The van der Waals surface area contributed by atoms with Crippen LogP contribution in [0.25, 0.3) is 10.8 Å². The maximum atomic E-state index is 12.7. The van der Waals surface area contributed by atoms with Crippen molar-refractivity contribution in [3.63, 3.8) is 0 Å². The van der Waals surface area contributed by atoms with E-state index in [2.05, 4.69) is 5.32 Å². The lowest BCUT2D eigenvalue weighted by molar-refractivity contribution is -0.253. The molecule has 2 aromatic rings. The second-order valence-electron chi connectivity index (χ2n) is 6.96. The van der Waals surface area contributed by atoms with Crippen LogP contribution < -0.4 is 10.1 Å². The third-order valence-corrected chi connectivity index (χ3v) is 5.17. The van der Waals surface area contributed by atoms with Gasteiger partial charge in [-0.2, -0.15) is 0 Å². The zero-order valence-electron chi connectivity index (χ0n) is 15.6. The highest BCUT2D eigenvalue weighted by Gasteiger charge is 2.44. The van der Waals surface area contributed by atoms with Crippen LogP contribution in [0.3, 0.4) is 0 Å². The van der Waals surface area contributed by atoms with Gasteiger partial charge in [-0.1, -0.05) is 24.3 Å². The molecule has 0 aromatic heterocycles. The zero-order valence-corrected chi connectivity index (χ0v) is 15.6. The molecule has 6 atom stereocenters. The van der Waals surface area contributed by atoms with Gasteiger partial charge in [-0.3, -0.25) is 4.79 Å². The van der Waals surface area contributed by atoms with E-state index < -0.39 is 49.1 Å². The SMILES string of the molecule is COc1ccc2cc(C(C)C(=O)NC3C(O)OC(CO)C(O)C3O)ccc2c1. The number of carbonyl (C=O) groups is 1. The van der Waals surface area contributed by atoms with Crippen molar-refractivity contribution in [2.75, 3.05) is 13.7 Å². The number of methoxy groups -OCH3 is 1. The maximum Gasteiger partial charge on any atom is 0.227 e. The van der Waals surface area contributed by atoms with E-state index in [0.29, 0.717) is 0 Å². The standard InChI is InChI=1S/C20H25NO7/c1-10(11-3-4-13-8-14(27-2)6-5-12(13)7-11)19(25)21-16-18(24)17(23)15(9-22)28-20(16)26/h3-8,10,15-18,20,22-24,26H,9H2,1-2H3,(H,21,25). The number of hydrogen-bond acceptors (Lipinski definition) is 7. The van der Waals surface area contributed by atoms with Crippen molar-refractivity contribution in [1.29, 1.82) is 0 Å². The summed E-state index contributed by atoms with van der Waals surface area (Å²) in [4.78, 5) is 12.7. The predicted octanol–water partition coefficient (Wildman–Crippen LogP) is -0.132. The van der Waals surface area contributed by atoms with Crippen molar-refractivity contribution in [2.24, 2.45) is 0 Å². The number of amides is 1. The molecule has 1 heterocycles. The Bertz CT molecular complexity index is 842. The Morgan fingerprint density at radius 1 is 1.14 bits per heavy atom. The van der Waals surface area contributed by atoms with E-state index >= 15 is 0 Å². The van der Waals surface area contributed by atoms with Gasteiger partial charge in [0.25, 0.3) is 0 Å². The van der Waals surface area contributed by atoms with Gasteiger partial charge in [0.2, 0.25) is 5.91 Å². The molecule has 1 fully saturated rings. The van der Waals surface area contributed by atoms with Crippen molar-refractivity contribution in [3.05, 3.63) is 42.0 Å². The Morgan fingerprint density at radius 2 is 1.82 bits per heavy atom. The normalized spacial score (nSPS) is 28.7. The van der Waals surface area contributed by atoms with Crippen LogP contribution in [-0.2, 0) is 9.53 Å². The molecule has 0 aliphatic carbocycles. The van der Waals surface area contributed by atoms with Crippen LogP contribution in [0.5, 0.6) is 5.75 Å². The van der Waals surface area contributed by atoms with Crippen molar-refractivity contribution in [2.45, 2.75) is 43.5 Å². The number of aliphatic hydroxyl groups is 4. The lowest BCUT2D eigenvalue weighted by atomic mass is 9.94. The minimum absolute atomic E-state index is 0.436. The first-order chi connectivity index (χ1) is 13.3. The first kappa shape index (κ1) is 20.5. The third-order valence-electron chi connectivity index (χ3n) is 5.17. The quantitative estimate of drug-likeness (QED) is 0.480. The number of rotatable bonds is 5. The second-order valence-corrected chi connectivity index (χ2v) is 6.96. The van der Waals surface area contributed by atoms with E-state index in [1.165, 1.54) is 0 Å². The highest BCUT2D eigenvalue weighted by Crippen LogP contribution is 2.26. The summed E-state index contributed by atoms with van der Waals surface area (Å²) in [6, 6.07) is 10.0. The number of fused-ring (bicyclic) bond motifs is 1. The smallest absolute Gasteiger partial charge is 0.227 e. The van der Waals surface area contributed by atoms with Gasteiger partial charge in [0.15, 0.2) is 6.29 Å². The van der Waals surface area contributed by atoms with Crippen molar-refractivity contribution in [1.82, 2.24) is 5.32 Å². The van der Waals surface area contributed by atoms with E-state index in [1.54, 1.807) is 14.0 Å². The molecular formula is C20H25NO7. The highest BCUT2D eigenvalue weighted by molar-refractivity contribution is 5.88. The van der Waals surface area contributed by atoms with Gasteiger partial charge in [0, 0.05) is 0 Å². The van der Waals surface area contributed by atoms with E-state index in [0.717, 1.165) is 22.1 Å². The molecule has 1 amide bonds. The molecule has 1 aliphatic heterocycles. The van der Waals surface area contributed by atoms with Gasteiger partial charge in [-0.05, 0) is 35.4 Å². The molecule has 6 unspecified atom stereocenters. The number of hydrogen-bond donors (Lipinski definition) is 5. The first-order valence-corrected chi connectivity index (χ1v) is 9.04. The van der Waals surface area contributed by atoms with E-state index in [1.807, 2.05) is 36.4 Å². The number of nitrogens with one attached hydrogen (secondary N) is 1. The second kappa shape index (κ2) is 8.42. The van der Waals surface area contributed by atoms with Crippen molar-refractivity contribution >= 4 is 16.7 Å². The first-order valence-electron chi connectivity index (χ1n) is 9.04. The third kappa shape index (κ3) is 3.96. The van der Waals surface area contributed by atoms with Crippen molar-refractivity contribution < 1.29 is 34.7 Å². The van der Waals surface area contributed by atoms with Crippen LogP contribution in [0.1, 0.15) is 18.4 Å². The lowest BCUT2D eigenvalue weighted by Gasteiger charge is -2.40. The van der Waals surface area contributed by atoms with Crippen LogP contribution in [0, 0.1) is 0 Å². The summed E-state index contributed by atoms with van der Waals surface area (Å²) in [6.07, 6.45) is -5.56. The molecule has 5 N–H and O–H groups in total. The summed E-state index contributed by atoms with van der Waals surface area (Å²) in [5.41, 5.74) is 0.754. The summed E-state index contributed by atoms with van der Waals surface area (Å²) in [5.74, 6) is -0.265. The van der Waals surface area contributed by atoms with Crippen LogP contribution in [0.15, 0.2) is 36.4 Å². The molecule has 0 saturated carbocycles. The van der Waals surface area contributed by atoms with Gasteiger partial charge in [-0.25, -0.2) is 0 Å². The summed E-state index contributed by atoms with van der Waals surface area (Å²) in [7, 11) is 1.60. The summed E-state index contributed by atoms with van der Waals surface area (Å²) < 4.78 is 10.3. The minimum Gasteiger partial charge on any atom is -0.497 e. The van der Waals surface area contributed by atoms with Crippen molar-refractivity contribution in [3.8, 4) is 5.75 Å². The molecule has 8 nitrogen and oxygen atoms in total. The lowest BCUT2D eigenvalue weighted by Crippen LogP contribution is -2.64. The zero-order chi connectivity index (χ0) is 20.4. The van der Waals surface area contributed by atoms with Crippen LogP contribution >= 0.6 is 0 Å². The fourth-order valence-electron chi connectivity index (χ4n) is 3.33. The highest BCUT2D eigenvalue weighted by atomic mass is 16.6. The molecule has 0 bridgehead atoms. The van der Waals surface area contributed by atoms with Crippen LogP contribution in [0.4, 0.5) is 0 Å². The Hall–Kier alpha value is -2.23. The minimum atomic E-state index is -1.55. The molecule has 1 saturated heterocycles.